The second kappa shape index (κ2) is 6.78. The number of rotatable bonds is 5. The lowest BCUT2D eigenvalue weighted by Crippen LogP contribution is -2.21. The molecule has 1 aromatic heterocycles. The molecule has 112 valence electrons. The molecule has 20 heavy (non-hydrogen) atoms. The molecule has 0 aliphatic carbocycles. The van der Waals surface area contributed by atoms with E-state index in [1.165, 1.54) is 14.0 Å². The van der Waals surface area contributed by atoms with Crippen molar-refractivity contribution >= 4 is 21.9 Å². The third-order valence-electron chi connectivity index (χ3n) is 2.07. The number of carbonyl (C=O) groups is 1. The van der Waals surface area contributed by atoms with Gasteiger partial charge >= 0.3 is 12.3 Å². The molecule has 0 spiro atoms. The Kier molecular flexibility index (Phi) is 5.61. The van der Waals surface area contributed by atoms with Crippen LogP contribution in [0.4, 0.5) is 13.2 Å². The van der Waals surface area contributed by atoms with E-state index in [0.29, 0.717) is 0 Å². The van der Waals surface area contributed by atoms with Gasteiger partial charge in [0.1, 0.15) is 5.75 Å². The first kappa shape index (κ1) is 16.5. The van der Waals surface area contributed by atoms with Crippen LogP contribution in [0.3, 0.4) is 0 Å². The Bertz CT molecular complexity index is 493. The first-order valence-electron chi connectivity index (χ1n) is 5.39. The van der Waals surface area contributed by atoms with Crippen molar-refractivity contribution in [2.75, 3.05) is 13.7 Å². The van der Waals surface area contributed by atoms with Crippen LogP contribution in [-0.4, -0.2) is 31.0 Å². The molecular formula is C11H11BrF3NO4. The van der Waals surface area contributed by atoms with Crippen molar-refractivity contribution in [1.82, 2.24) is 4.98 Å². The summed E-state index contributed by atoms with van der Waals surface area (Å²) in [4.78, 5) is 15.4. The van der Waals surface area contributed by atoms with Crippen LogP contribution in [0.5, 0.6) is 11.5 Å². The predicted molar refractivity (Wildman–Crippen MR) is 66.1 cm³/mol. The van der Waals surface area contributed by atoms with Crippen LogP contribution in [-0.2, 0) is 10.1 Å². The molecule has 0 aromatic carbocycles. The summed E-state index contributed by atoms with van der Waals surface area (Å²) in [6.45, 7) is 1.53. The van der Waals surface area contributed by atoms with Gasteiger partial charge in [0.2, 0.25) is 0 Å². The minimum absolute atomic E-state index is 0.00163. The Morgan fingerprint density at radius 1 is 1.40 bits per heavy atom. The zero-order valence-electron chi connectivity index (χ0n) is 10.6. The maximum absolute atomic E-state index is 12.3. The van der Waals surface area contributed by atoms with Gasteiger partial charge in [0.05, 0.1) is 19.4 Å². The molecule has 9 heteroatoms. The van der Waals surface area contributed by atoms with Crippen LogP contribution < -0.4 is 9.47 Å². The molecule has 0 unspecified atom stereocenters. The van der Waals surface area contributed by atoms with E-state index in [-0.39, 0.29) is 23.4 Å². The number of nitrogens with zero attached hydrogens (tertiary/aromatic N) is 1. The van der Waals surface area contributed by atoms with E-state index in [2.05, 4.69) is 30.4 Å². The molecule has 0 saturated carbocycles. The maximum Gasteiger partial charge on any atom is 0.573 e. The van der Waals surface area contributed by atoms with Gasteiger partial charge in [-0.15, -0.1) is 13.2 Å². The van der Waals surface area contributed by atoms with E-state index in [1.807, 2.05) is 0 Å². The van der Waals surface area contributed by atoms with Crippen LogP contribution in [0, 0.1) is 0 Å². The predicted octanol–water partition coefficient (Wildman–Crippen LogP) is 3.06. The average molecular weight is 358 g/mol. The number of aromatic nitrogens is 1. The average Bonchev–Trinajstić information content (AvgIpc) is 2.36. The highest BCUT2D eigenvalue weighted by atomic mass is 79.9. The van der Waals surface area contributed by atoms with Crippen molar-refractivity contribution in [2.24, 2.45) is 0 Å². The third kappa shape index (κ3) is 4.26. The molecule has 0 saturated heterocycles. The Hall–Kier alpha value is -1.51. The van der Waals surface area contributed by atoms with Gasteiger partial charge in [0.15, 0.2) is 11.4 Å². The highest BCUT2D eigenvalue weighted by molar-refractivity contribution is 9.08. The smallest absolute Gasteiger partial charge is 0.495 e. The lowest BCUT2D eigenvalue weighted by molar-refractivity contribution is -0.274. The second-order valence-electron chi connectivity index (χ2n) is 3.39. The van der Waals surface area contributed by atoms with Gasteiger partial charge in [-0.1, -0.05) is 15.9 Å². The highest BCUT2D eigenvalue weighted by Gasteiger charge is 2.34. The topological polar surface area (TPSA) is 57.7 Å². The Morgan fingerprint density at radius 3 is 2.50 bits per heavy atom. The lowest BCUT2D eigenvalue weighted by atomic mass is 10.2. The fourth-order valence-electron chi connectivity index (χ4n) is 1.34. The number of halogens is 4. The molecular weight excluding hydrogens is 347 g/mol. The number of methoxy groups -OCH3 is 1. The minimum atomic E-state index is -4.95. The van der Waals surface area contributed by atoms with E-state index in [0.717, 1.165) is 6.07 Å². The zero-order valence-corrected chi connectivity index (χ0v) is 12.2. The number of pyridine rings is 1. The van der Waals surface area contributed by atoms with Crippen LogP contribution in [0.1, 0.15) is 23.1 Å². The van der Waals surface area contributed by atoms with Gasteiger partial charge in [-0.25, -0.2) is 9.78 Å². The van der Waals surface area contributed by atoms with Crippen LogP contribution in [0.15, 0.2) is 6.07 Å². The molecule has 0 aliphatic rings. The molecule has 0 N–H and O–H groups in total. The number of carbonyl (C=O) groups excluding carboxylic acids is 1. The summed E-state index contributed by atoms with van der Waals surface area (Å²) in [5.41, 5.74) is -0.301. The summed E-state index contributed by atoms with van der Waals surface area (Å²) < 4.78 is 50.3. The summed E-state index contributed by atoms with van der Waals surface area (Å²) in [7, 11) is 1.27. The molecule has 5 nitrogen and oxygen atoms in total. The normalized spacial score (nSPS) is 11.1. The van der Waals surface area contributed by atoms with Crippen molar-refractivity contribution < 1.29 is 32.2 Å². The van der Waals surface area contributed by atoms with Gasteiger partial charge in [0, 0.05) is 11.4 Å². The summed E-state index contributed by atoms with van der Waals surface area (Å²) in [6, 6.07) is 0.948. The van der Waals surface area contributed by atoms with Gasteiger partial charge < -0.3 is 14.2 Å². The minimum Gasteiger partial charge on any atom is -0.495 e. The van der Waals surface area contributed by atoms with E-state index < -0.39 is 23.8 Å². The zero-order chi connectivity index (χ0) is 15.3. The standard InChI is InChI=1S/C11H11BrF3NO4/c1-3-19-10(17)9-8(20-11(13,14)15)4-7(18-2)6(5-12)16-9/h4H,3,5H2,1-2H3. The molecule has 0 amide bonds. The Balaban J connectivity index is 3.32. The molecule has 0 bridgehead atoms. The van der Waals surface area contributed by atoms with Crippen LogP contribution in [0.2, 0.25) is 0 Å². The highest BCUT2D eigenvalue weighted by Crippen LogP contribution is 2.32. The van der Waals surface area contributed by atoms with Gasteiger partial charge in [-0.05, 0) is 6.92 Å². The summed E-state index contributed by atoms with van der Waals surface area (Å²) in [5, 5.41) is 0.189. The SMILES string of the molecule is CCOC(=O)c1nc(CBr)c(OC)cc1OC(F)(F)F. The molecule has 0 fully saturated rings. The number of hydrogen-bond acceptors (Lipinski definition) is 5. The van der Waals surface area contributed by atoms with E-state index >= 15 is 0 Å². The van der Waals surface area contributed by atoms with Crippen molar-refractivity contribution in [1.29, 1.82) is 0 Å². The van der Waals surface area contributed by atoms with E-state index in [1.54, 1.807) is 0 Å². The van der Waals surface area contributed by atoms with Gasteiger partial charge in [-0.3, -0.25) is 0 Å². The maximum atomic E-state index is 12.3. The first-order chi connectivity index (χ1) is 9.32. The third-order valence-corrected chi connectivity index (χ3v) is 2.60. The number of esters is 1. The van der Waals surface area contributed by atoms with Crippen molar-refractivity contribution in [3.05, 3.63) is 17.5 Å². The van der Waals surface area contributed by atoms with Crippen LogP contribution in [0.25, 0.3) is 0 Å². The fraction of sp³-hybridized carbons (Fsp3) is 0.455. The number of hydrogen-bond donors (Lipinski definition) is 0. The number of alkyl halides is 4. The largest absolute Gasteiger partial charge is 0.573 e. The van der Waals surface area contributed by atoms with Crippen molar-refractivity contribution in [3.8, 4) is 11.5 Å². The summed E-state index contributed by atoms with van der Waals surface area (Å²) in [5.74, 6) is -1.71. The summed E-state index contributed by atoms with van der Waals surface area (Å²) >= 11 is 3.10. The molecule has 0 aliphatic heterocycles. The van der Waals surface area contributed by atoms with E-state index in [9.17, 15) is 18.0 Å². The Morgan fingerprint density at radius 2 is 2.05 bits per heavy atom. The number of ether oxygens (including phenoxy) is 3. The summed E-state index contributed by atoms with van der Waals surface area (Å²) in [6.07, 6.45) is -4.95. The lowest BCUT2D eigenvalue weighted by Gasteiger charge is -2.14. The molecule has 1 aromatic rings. The van der Waals surface area contributed by atoms with E-state index in [4.69, 9.17) is 4.74 Å². The molecule has 0 atom stereocenters. The van der Waals surface area contributed by atoms with Gasteiger partial charge in [-0.2, -0.15) is 0 Å². The quantitative estimate of drug-likeness (QED) is 0.598. The molecule has 0 radical (unpaired) electrons. The second-order valence-corrected chi connectivity index (χ2v) is 3.95. The van der Waals surface area contributed by atoms with Crippen LogP contribution >= 0.6 is 15.9 Å². The van der Waals surface area contributed by atoms with Gasteiger partial charge in [0.25, 0.3) is 0 Å². The van der Waals surface area contributed by atoms with Crippen molar-refractivity contribution in [2.45, 2.75) is 18.6 Å². The fourth-order valence-corrected chi connectivity index (χ4v) is 1.74. The first-order valence-corrected chi connectivity index (χ1v) is 6.51. The Labute approximate surface area is 121 Å². The molecule has 1 heterocycles. The van der Waals surface area contributed by atoms with Crippen molar-refractivity contribution in [3.63, 3.8) is 0 Å². The molecule has 1 rings (SSSR count). The monoisotopic (exact) mass is 357 g/mol.